The largest absolute Gasteiger partial charge is 2.00 e. The third kappa shape index (κ3) is 1760. The first-order valence-electron chi connectivity index (χ1n) is 0.612. The van der Waals surface area contributed by atoms with Gasteiger partial charge in [-0.25, -0.2) is 0 Å². The molecule has 0 saturated heterocycles. The second-order valence-electron chi connectivity index (χ2n) is 0.250. The summed E-state index contributed by atoms with van der Waals surface area (Å²) in [7, 11) is 0. The van der Waals surface area contributed by atoms with Crippen LogP contribution in [0.5, 0.6) is 0 Å². The molecule has 0 spiro atoms. The summed E-state index contributed by atoms with van der Waals surface area (Å²) in [6, 6.07) is 0. The van der Waals surface area contributed by atoms with Gasteiger partial charge in [-0.1, -0.05) is 0 Å². The fraction of sp³-hybridized carbons (Fsp3) is 0. The molecule has 0 amide bonds. The van der Waals surface area contributed by atoms with Crippen LogP contribution in [-0.4, -0.2) is 28.1 Å². The van der Waals surface area contributed by atoms with Crippen LogP contribution in [0, 0.1) is 0 Å². The van der Waals surface area contributed by atoms with Crippen molar-refractivity contribution in [1.29, 1.82) is 0 Å². The van der Waals surface area contributed by atoms with Gasteiger partial charge in [0.05, 0.1) is 0 Å². The number of carbonyl (C=O) groups is 1. The molecule has 0 aromatic rings. The van der Waals surface area contributed by atoms with Gasteiger partial charge in [0, 0.05) is 0 Å². The Labute approximate surface area is 61.0 Å². The first-order valence-corrected chi connectivity index (χ1v) is 0.612. The van der Waals surface area contributed by atoms with Crippen molar-refractivity contribution in [2.24, 2.45) is 0 Å². The van der Waals surface area contributed by atoms with E-state index in [9.17, 15) is 0 Å². The van der Waals surface area contributed by atoms with Gasteiger partial charge in [-0.05, 0) is 6.16 Å². The molecule has 8 N–H and O–H groups in total. The molecule has 0 aliphatic carbocycles. The quantitative estimate of drug-likeness (QED) is 0.342. The molecule has 0 rings (SSSR count). The molecular formula is CH8MnO7. The smallest absolute Gasteiger partial charge is 0.652 e. The van der Waals surface area contributed by atoms with E-state index < -0.39 is 6.16 Å². The SMILES string of the molecule is O.O.O.O.O=C([O-])[O-].[Mn+2]. The van der Waals surface area contributed by atoms with Crippen molar-refractivity contribution >= 4 is 6.16 Å². The van der Waals surface area contributed by atoms with Gasteiger partial charge in [0.25, 0.3) is 0 Å². The van der Waals surface area contributed by atoms with E-state index in [1.165, 1.54) is 0 Å². The minimum Gasteiger partial charge on any atom is -0.652 e. The van der Waals surface area contributed by atoms with E-state index in [-0.39, 0.29) is 39.0 Å². The predicted molar refractivity (Wildman–Crippen MR) is 19.9 cm³/mol. The Morgan fingerprint density at radius 3 is 0.889 bits per heavy atom. The van der Waals surface area contributed by atoms with Crippen LogP contribution in [0.25, 0.3) is 0 Å². The van der Waals surface area contributed by atoms with E-state index in [1.807, 2.05) is 0 Å². The summed E-state index contributed by atoms with van der Waals surface area (Å²) in [4.78, 5) is 8.33. The molecule has 0 aromatic heterocycles. The first-order chi connectivity index (χ1) is 1.73. The van der Waals surface area contributed by atoms with Crippen LogP contribution in [0.15, 0.2) is 0 Å². The molecule has 8 heteroatoms. The van der Waals surface area contributed by atoms with Gasteiger partial charge >= 0.3 is 17.1 Å². The molecule has 0 aliphatic rings. The second kappa shape index (κ2) is 48.5. The van der Waals surface area contributed by atoms with Crippen LogP contribution in [0.3, 0.4) is 0 Å². The van der Waals surface area contributed by atoms with E-state index in [4.69, 9.17) is 15.0 Å². The molecule has 0 aliphatic heterocycles. The van der Waals surface area contributed by atoms with E-state index >= 15 is 0 Å². The Hall–Kier alpha value is -0.371. The van der Waals surface area contributed by atoms with Crippen molar-refractivity contribution in [2.45, 2.75) is 0 Å². The molecule has 9 heavy (non-hydrogen) atoms. The molecule has 0 unspecified atom stereocenters. The standard InChI is InChI=1S/CH2O3.Mn.4H2O/c2-1(3)4;;;;;/h(H2,2,3,4);;4*1H2/q;+2;;;;/p-2. The fourth-order valence-electron chi connectivity index (χ4n) is 0. The molecule has 1 radical (unpaired) electrons. The van der Waals surface area contributed by atoms with Gasteiger partial charge < -0.3 is 36.9 Å². The first kappa shape index (κ1) is 72.6. The molecule has 0 heterocycles. The minimum atomic E-state index is -2.33. The van der Waals surface area contributed by atoms with Crippen LogP contribution in [0.4, 0.5) is 4.79 Å². The van der Waals surface area contributed by atoms with Gasteiger partial charge in [0.1, 0.15) is 0 Å². The summed E-state index contributed by atoms with van der Waals surface area (Å²) >= 11 is 0. The Morgan fingerprint density at radius 1 is 0.889 bits per heavy atom. The van der Waals surface area contributed by atoms with Crippen molar-refractivity contribution in [2.75, 3.05) is 0 Å². The van der Waals surface area contributed by atoms with Crippen LogP contribution >= 0.6 is 0 Å². The zero-order chi connectivity index (χ0) is 3.58. The molecule has 0 saturated carbocycles. The van der Waals surface area contributed by atoms with Crippen LogP contribution in [-0.2, 0) is 17.1 Å². The maximum atomic E-state index is 8.33. The van der Waals surface area contributed by atoms with E-state index in [1.54, 1.807) is 0 Å². The molecular weight excluding hydrogens is 179 g/mol. The van der Waals surface area contributed by atoms with Crippen LogP contribution < -0.4 is 10.2 Å². The van der Waals surface area contributed by atoms with Crippen molar-refractivity contribution < 1.29 is 54.0 Å². The summed E-state index contributed by atoms with van der Waals surface area (Å²) in [6.07, 6.45) is -2.33. The third-order valence-electron chi connectivity index (χ3n) is 0. The molecule has 7 nitrogen and oxygen atoms in total. The van der Waals surface area contributed by atoms with Crippen molar-refractivity contribution in [3.8, 4) is 0 Å². The number of rotatable bonds is 0. The van der Waals surface area contributed by atoms with E-state index in [2.05, 4.69) is 0 Å². The fourth-order valence-corrected chi connectivity index (χ4v) is 0. The van der Waals surface area contributed by atoms with Crippen LogP contribution in [0.2, 0.25) is 0 Å². The number of hydrogen-bond acceptors (Lipinski definition) is 3. The summed E-state index contributed by atoms with van der Waals surface area (Å²) in [5.41, 5.74) is 0. The average molecular weight is 187 g/mol. The van der Waals surface area contributed by atoms with E-state index in [0.717, 1.165) is 0 Å². The average Bonchev–Trinajstić information content (AvgIpc) is 0.811. The van der Waals surface area contributed by atoms with E-state index in [0.29, 0.717) is 0 Å². The zero-order valence-electron chi connectivity index (χ0n) is 4.10. The minimum absolute atomic E-state index is 0. The van der Waals surface area contributed by atoms with Gasteiger partial charge in [0.2, 0.25) is 0 Å². The summed E-state index contributed by atoms with van der Waals surface area (Å²) < 4.78 is 0. The zero-order valence-corrected chi connectivity index (χ0v) is 5.28. The maximum Gasteiger partial charge on any atom is 2.00 e. The Balaban J connectivity index is -0.00000000450. The van der Waals surface area contributed by atoms with Crippen molar-refractivity contribution in [3.63, 3.8) is 0 Å². The Bertz CT molecular complexity index is 31.9. The predicted octanol–water partition coefficient (Wildman–Crippen LogP) is -5.75. The maximum absolute atomic E-state index is 8.33. The molecule has 0 atom stereocenters. The normalized spacial score (nSPS) is 2.67. The number of carboxylic acid groups (broad SMARTS) is 2. The second-order valence-corrected chi connectivity index (χ2v) is 0.250. The third-order valence-corrected chi connectivity index (χ3v) is 0. The van der Waals surface area contributed by atoms with Gasteiger partial charge in [-0.2, -0.15) is 0 Å². The summed E-state index contributed by atoms with van der Waals surface area (Å²) in [5, 5.41) is 16.7. The van der Waals surface area contributed by atoms with Gasteiger partial charge in [-0.15, -0.1) is 0 Å². The van der Waals surface area contributed by atoms with Gasteiger partial charge in [-0.3, -0.25) is 0 Å². The van der Waals surface area contributed by atoms with Crippen LogP contribution in [0.1, 0.15) is 0 Å². The number of carbonyl (C=O) groups excluding carboxylic acids is 1. The monoisotopic (exact) mass is 187 g/mol. The Kier molecular flexibility index (Phi) is 391. The molecule has 0 bridgehead atoms. The number of hydrogen-bond donors (Lipinski definition) is 0. The van der Waals surface area contributed by atoms with Crippen molar-refractivity contribution in [3.05, 3.63) is 0 Å². The van der Waals surface area contributed by atoms with Crippen molar-refractivity contribution in [1.82, 2.24) is 0 Å². The summed E-state index contributed by atoms with van der Waals surface area (Å²) in [5.74, 6) is 0. The topological polar surface area (TPSA) is 189 Å². The molecule has 61 valence electrons. The van der Waals surface area contributed by atoms with Gasteiger partial charge in [0.15, 0.2) is 0 Å². The Morgan fingerprint density at radius 2 is 0.889 bits per heavy atom. The summed E-state index contributed by atoms with van der Waals surface area (Å²) in [6.45, 7) is 0. The molecule has 0 aromatic carbocycles. The molecule has 0 fully saturated rings.